The molecule has 7 heteroatoms. The first-order valence-corrected chi connectivity index (χ1v) is 10.5. The highest BCUT2D eigenvalue weighted by Gasteiger charge is 2.24. The monoisotopic (exact) mass is 426 g/mol. The van der Waals surface area contributed by atoms with Gasteiger partial charge in [-0.2, -0.15) is 5.26 Å². The van der Waals surface area contributed by atoms with Crippen LogP contribution in [0.4, 0.5) is 11.5 Å². The lowest BCUT2D eigenvalue weighted by molar-refractivity contribution is -0.00546. The molecular weight excluding hydrogens is 400 g/mol. The van der Waals surface area contributed by atoms with Crippen LogP contribution in [0, 0.1) is 11.3 Å². The normalized spacial score (nSPS) is 18.1. The van der Waals surface area contributed by atoms with E-state index in [1.54, 1.807) is 12.4 Å². The topological polar surface area (TPSA) is 100 Å². The van der Waals surface area contributed by atoms with Crippen molar-refractivity contribution in [1.29, 1.82) is 5.26 Å². The average Bonchev–Trinajstić information content (AvgIpc) is 2.82. The molecule has 2 aromatic carbocycles. The van der Waals surface area contributed by atoms with E-state index < -0.39 is 0 Å². The van der Waals surface area contributed by atoms with Gasteiger partial charge in [-0.1, -0.05) is 24.8 Å². The van der Waals surface area contributed by atoms with Crippen LogP contribution in [-0.2, 0) is 4.74 Å². The fourth-order valence-corrected chi connectivity index (χ4v) is 4.06. The smallest absolute Gasteiger partial charge is 0.132 e. The molecule has 0 spiro atoms. The number of nitrogens with two attached hydrogens (primary N) is 1. The van der Waals surface area contributed by atoms with Crippen molar-refractivity contribution in [2.24, 2.45) is 5.84 Å². The van der Waals surface area contributed by atoms with E-state index >= 15 is 0 Å². The quantitative estimate of drug-likeness (QED) is 0.470. The molecule has 0 bridgehead atoms. The summed E-state index contributed by atoms with van der Waals surface area (Å²) in [6.45, 7) is 9.98. The summed E-state index contributed by atoms with van der Waals surface area (Å²) in [4.78, 5) is 11.2. The first kappa shape index (κ1) is 21.5. The van der Waals surface area contributed by atoms with E-state index in [-0.39, 0.29) is 12.2 Å². The fourth-order valence-electron chi connectivity index (χ4n) is 4.06. The zero-order valence-electron chi connectivity index (χ0n) is 18.2. The van der Waals surface area contributed by atoms with Crippen molar-refractivity contribution >= 4 is 17.1 Å². The molecule has 0 saturated carbocycles. The van der Waals surface area contributed by atoms with Crippen molar-refractivity contribution in [3.8, 4) is 17.2 Å². The van der Waals surface area contributed by atoms with Gasteiger partial charge in [0.15, 0.2) is 0 Å². The number of rotatable bonds is 5. The van der Waals surface area contributed by atoms with Crippen molar-refractivity contribution < 1.29 is 4.74 Å². The second-order valence-corrected chi connectivity index (χ2v) is 8.00. The number of hydrazine groups is 1. The molecule has 1 aromatic heterocycles. The van der Waals surface area contributed by atoms with Gasteiger partial charge >= 0.3 is 0 Å². The van der Waals surface area contributed by atoms with E-state index in [1.165, 1.54) is 0 Å². The first-order chi connectivity index (χ1) is 15.5. The molecule has 1 fully saturated rings. The van der Waals surface area contributed by atoms with Gasteiger partial charge < -0.3 is 15.1 Å². The minimum absolute atomic E-state index is 0.134. The summed E-state index contributed by atoms with van der Waals surface area (Å²) in [5, 5.41) is 9.23. The average molecular weight is 427 g/mol. The van der Waals surface area contributed by atoms with Crippen LogP contribution < -0.4 is 16.2 Å². The van der Waals surface area contributed by atoms with Gasteiger partial charge in [0, 0.05) is 30.3 Å². The van der Waals surface area contributed by atoms with Gasteiger partial charge in [0.2, 0.25) is 0 Å². The number of ether oxygens (including phenoxy) is 1. The summed E-state index contributed by atoms with van der Waals surface area (Å²) in [6.07, 6.45) is 1.83. The third kappa shape index (κ3) is 4.47. The molecule has 32 heavy (non-hydrogen) atoms. The Morgan fingerprint density at radius 2 is 1.88 bits per heavy atom. The van der Waals surface area contributed by atoms with Gasteiger partial charge in [0.25, 0.3) is 0 Å². The Morgan fingerprint density at radius 1 is 1.12 bits per heavy atom. The number of nitrogens with zero attached hydrogens (tertiary/aromatic N) is 4. The highest BCUT2D eigenvalue weighted by molar-refractivity contribution is 5.86. The lowest BCUT2D eigenvalue weighted by Crippen LogP contribution is -2.45. The maximum atomic E-state index is 9.23. The number of nitriles is 1. The number of nitrogen functional groups attached to an aromatic ring is 1. The van der Waals surface area contributed by atoms with Crippen LogP contribution in [0.15, 0.2) is 61.4 Å². The molecule has 162 valence electrons. The second-order valence-electron chi connectivity index (χ2n) is 8.00. The summed E-state index contributed by atoms with van der Waals surface area (Å²) < 4.78 is 5.84. The Hall–Kier alpha value is -3.73. The van der Waals surface area contributed by atoms with Gasteiger partial charge in [-0.05, 0) is 49.2 Å². The van der Waals surface area contributed by atoms with E-state index in [0.29, 0.717) is 5.56 Å². The third-order valence-electron chi connectivity index (χ3n) is 5.53. The highest BCUT2D eigenvalue weighted by Crippen LogP contribution is 2.33. The lowest BCUT2D eigenvalue weighted by Gasteiger charge is -2.36. The Kier molecular flexibility index (Phi) is 6.17. The molecule has 0 radical (unpaired) electrons. The first-order valence-electron chi connectivity index (χ1n) is 10.5. The SMILES string of the molecule is C=C(c1cc(N2C[C@@H](C)O[C@@H](C)C2)ncn1)c1cc(-c2cccc(C#N)c2)ccc1NN. The van der Waals surface area contributed by atoms with Crippen LogP contribution >= 0.6 is 0 Å². The number of benzene rings is 2. The van der Waals surface area contributed by atoms with Crippen molar-refractivity contribution in [2.75, 3.05) is 23.4 Å². The van der Waals surface area contributed by atoms with E-state index in [1.807, 2.05) is 42.5 Å². The molecule has 0 amide bonds. The van der Waals surface area contributed by atoms with Gasteiger partial charge in [0.1, 0.15) is 12.1 Å². The zero-order chi connectivity index (χ0) is 22.7. The molecule has 1 aliphatic heterocycles. The van der Waals surface area contributed by atoms with Crippen molar-refractivity contribution in [2.45, 2.75) is 26.1 Å². The van der Waals surface area contributed by atoms with Crippen molar-refractivity contribution in [1.82, 2.24) is 9.97 Å². The molecule has 4 rings (SSSR count). The summed E-state index contributed by atoms with van der Waals surface area (Å²) in [6, 6.07) is 17.5. The molecule has 7 nitrogen and oxygen atoms in total. The molecule has 3 aromatic rings. The number of hydrogen-bond acceptors (Lipinski definition) is 7. The van der Waals surface area contributed by atoms with E-state index in [4.69, 9.17) is 10.6 Å². The predicted octanol–water partition coefficient (Wildman–Crippen LogP) is 3.98. The zero-order valence-corrected chi connectivity index (χ0v) is 18.2. The standard InChI is InChI=1S/C25H26N6O/c1-16-13-31(14-17(2)32-16)25-11-24(28-15-29-25)18(3)22-10-21(7-8-23(22)30-27)20-6-4-5-19(9-20)12-26/h4-11,15-17,30H,3,13-14,27H2,1-2H3/t16-,17+. The van der Waals surface area contributed by atoms with Gasteiger partial charge in [0.05, 0.1) is 35.2 Å². The summed E-state index contributed by atoms with van der Waals surface area (Å²) in [7, 11) is 0. The van der Waals surface area contributed by atoms with Gasteiger partial charge in [-0.3, -0.25) is 5.84 Å². The van der Waals surface area contributed by atoms with Crippen LogP contribution in [0.25, 0.3) is 16.7 Å². The number of hydrogen-bond donors (Lipinski definition) is 2. The Balaban J connectivity index is 1.69. The molecule has 2 heterocycles. The van der Waals surface area contributed by atoms with Crippen LogP contribution in [0.3, 0.4) is 0 Å². The van der Waals surface area contributed by atoms with E-state index in [2.05, 4.69) is 46.8 Å². The Bertz CT molecular complexity index is 1180. The fraction of sp³-hybridized carbons (Fsp3) is 0.240. The van der Waals surface area contributed by atoms with Crippen molar-refractivity contribution in [3.05, 3.63) is 78.3 Å². The Morgan fingerprint density at radius 3 is 2.59 bits per heavy atom. The minimum Gasteiger partial charge on any atom is -0.372 e. The maximum Gasteiger partial charge on any atom is 0.132 e. The van der Waals surface area contributed by atoms with Crippen molar-refractivity contribution in [3.63, 3.8) is 0 Å². The van der Waals surface area contributed by atoms with Crippen LogP contribution in [0.2, 0.25) is 0 Å². The van der Waals surface area contributed by atoms with E-state index in [0.717, 1.165) is 52.6 Å². The summed E-state index contributed by atoms with van der Waals surface area (Å²) in [5.41, 5.74) is 8.30. The van der Waals surface area contributed by atoms with Gasteiger partial charge in [-0.15, -0.1) is 0 Å². The number of morpholine rings is 1. The molecule has 1 saturated heterocycles. The Labute approximate surface area is 188 Å². The van der Waals surface area contributed by atoms with Crippen LogP contribution in [0.1, 0.15) is 30.7 Å². The molecule has 0 unspecified atom stereocenters. The molecule has 0 aliphatic carbocycles. The highest BCUT2D eigenvalue weighted by atomic mass is 16.5. The third-order valence-corrected chi connectivity index (χ3v) is 5.53. The lowest BCUT2D eigenvalue weighted by atomic mass is 9.96. The van der Waals surface area contributed by atoms with Gasteiger partial charge in [-0.25, -0.2) is 9.97 Å². The molecule has 1 aliphatic rings. The number of aromatic nitrogens is 2. The molecular formula is C25H26N6O. The largest absolute Gasteiger partial charge is 0.372 e. The van der Waals surface area contributed by atoms with Crippen LogP contribution in [-0.4, -0.2) is 35.3 Å². The molecule has 3 N–H and O–H groups in total. The predicted molar refractivity (Wildman–Crippen MR) is 127 cm³/mol. The summed E-state index contributed by atoms with van der Waals surface area (Å²) in [5.74, 6) is 6.63. The number of anilines is 2. The van der Waals surface area contributed by atoms with Crippen LogP contribution in [0.5, 0.6) is 0 Å². The number of nitrogens with one attached hydrogen (secondary N) is 1. The minimum atomic E-state index is 0.134. The summed E-state index contributed by atoms with van der Waals surface area (Å²) >= 11 is 0. The molecule has 2 atom stereocenters. The second kappa shape index (κ2) is 9.18. The van der Waals surface area contributed by atoms with E-state index in [9.17, 15) is 5.26 Å². The maximum absolute atomic E-state index is 9.23.